The maximum atomic E-state index is 13.7. The van der Waals surface area contributed by atoms with E-state index in [1.165, 1.54) is 12.4 Å². The van der Waals surface area contributed by atoms with Gasteiger partial charge in [0, 0.05) is 18.1 Å². The van der Waals surface area contributed by atoms with Crippen molar-refractivity contribution in [2.75, 3.05) is 5.32 Å². The summed E-state index contributed by atoms with van der Waals surface area (Å²) >= 11 is 0. The summed E-state index contributed by atoms with van der Waals surface area (Å²) in [6.07, 6.45) is 3.01. The maximum absolute atomic E-state index is 13.7. The number of amides is 2. The van der Waals surface area contributed by atoms with Gasteiger partial charge >= 0.3 is 0 Å². The van der Waals surface area contributed by atoms with Gasteiger partial charge in [0.1, 0.15) is 23.2 Å². The number of hydrogen-bond acceptors (Lipinski definition) is 3. The summed E-state index contributed by atoms with van der Waals surface area (Å²) in [5.74, 6) is -3.71. The highest BCUT2D eigenvalue weighted by molar-refractivity contribution is 6.01. The molecule has 126 valence electrons. The number of nitrogens with one attached hydrogen (secondary N) is 2. The first-order valence-electron chi connectivity index (χ1n) is 7.36. The molecule has 7 heteroatoms. The van der Waals surface area contributed by atoms with Crippen LogP contribution in [0.1, 0.15) is 24.2 Å². The molecule has 0 saturated heterocycles. The highest BCUT2D eigenvalue weighted by atomic mass is 19.1. The summed E-state index contributed by atoms with van der Waals surface area (Å²) in [4.78, 5) is 28.4. The SMILES string of the molecule is CC(C)[C@H](NC(=O)c1c(F)cccc1F)C(=O)Nc1ccncc1. The van der Waals surface area contributed by atoms with Crippen LogP contribution < -0.4 is 10.6 Å². The second kappa shape index (κ2) is 7.63. The lowest BCUT2D eigenvalue weighted by Crippen LogP contribution is -2.47. The number of anilines is 1. The molecule has 2 aromatic rings. The molecule has 24 heavy (non-hydrogen) atoms. The van der Waals surface area contributed by atoms with Crippen molar-refractivity contribution in [3.05, 3.63) is 59.9 Å². The fourth-order valence-corrected chi connectivity index (χ4v) is 2.12. The Kier molecular flexibility index (Phi) is 5.57. The number of pyridine rings is 1. The van der Waals surface area contributed by atoms with Crippen LogP contribution in [0.3, 0.4) is 0 Å². The normalized spacial score (nSPS) is 11.9. The lowest BCUT2D eigenvalue weighted by atomic mass is 10.0. The summed E-state index contributed by atoms with van der Waals surface area (Å²) in [5.41, 5.74) is -0.202. The predicted molar refractivity (Wildman–Crippen MR) is 85.3 cm³/mol. The van der Waals surface area contributed by atoms with Gasteiger partial charge in [-0.3, -0.25) is 14.6 Å². The number of halogens is 2. The first-order chi connectivity index (χ1) is 11.4. The van der Waals surface area contributed by atoms with Gasteiger partial charge in [-0.2, -0.15) is 0 Å². The highest BCUT2D eigenvalue weighted by Crippen LogP contribution is 2.14. The van der Waals surface area contributed by atoms with Crippen molar-refractivity contribution in [3.8, 4) is 0 Å². The van der Waals surface area contributed by atoms with Gasteiger partial charge in [-0.25, -0.2) is 8.78 Å². The monoisotopic (exact) mass is 333 g/mol. The number of aromatic nitrogens is 1. The van der Waals surface area contributed by atoms with Gasteiger partial charge in [0.25, 0.3) is 5.91 Å². The zero-order valence-electron chi connectivity index (χ0n) is 13.2. The molecule has 0 radical (unpaired) electrons. The van der Waals surface area contributed by atoms with E-state index in [0.29, 0.717) is 5.69 Å². The third kappa shape index (κ3) is 4.13. The van der Waals surface area contributed by atoms with Crippen molar-refractivity contribution in [1.29, 1.82) is 0 Å². The quantitative estimate of drug-likeness (QED) is 0.884. The van der Waals surface area contributed by atoms with Crippen LogP contribution in [0.2, 0.25) is 0 Å². The zero-order valence-corrected chi connectivity index (χ0v) is 13.2. The second-order valence-electron chi connectivity index (χ2n) is 5.52. The standard InChI is InChI=1S/C17H17F2N3O2/c1-10(2)15(17(24)21-11-6-8-20-9-7-11)22-16(23)14-12(18)4-3-5-13(14)19/h3-10,15H,1-2H3,(H,22,23)(H,20,21,24)/t15-/m0/s1. The van der Waals surface area contributed by atoms with Gasteiger partial charge < -0.3 is 10.6 Å². The molecule has 2 rings (SSSR count). The van der Waals surface area contributed by atoms with Crippen LogP contribution in [-0.2, 0) is 4.79 Å². The zero-order chi connectivity index (χ0) is 17.7. The molecule has 0 spiro atoms. The average Bonchev–Trinajstić information content (AvgIpc) is 2.53. The second-order valence-corrected chi connectivity index (χ2v) is 5.52. The largest absolute Gasteiger partial charge is 0.340 e. The van der Waals surface area contributed by atoms with E-state index in [2.05, 4.69) is 15.6 Å². The molecule has 1 atom stereocenters. The van der Waals surface area contributed by atoms with Crippen molar-refractivity contribution in [2.24, 2.45) is 5.92 Å². The molecule has 1 aromatic heterocycles. The van der Waals surface area contributed by atoms with Crippen LogP contribution in [0.5, 0.6) is 0 Å². The van der Waals surface area contributed by atoms with E-state index in [4.69, 9.17) is 0 Å². The van der Waals surface area contributed by atoms with Crippen LogP contribution in [0.15, 0.2) is 42.7 Å². The van der Waals surface area contributed by atoms with E-state index in [-0.39, 0.29) is 5.92 Å². The first kappa shape index (κ1) is 17.5. The molecule has 1 aromatic carbocycles. The van der Waals surface area contributed by atoms with E-state index >= 15 is 0 Å². The van der Waals surface area contributed by atoms with E-state index in [9.17, 15) is 18.4 Å². The molecular formula is C17H17F2N3O2. The Balaban J connectivity index is 2.16. The summed E-state index contributed by atoms with van der Waals surface area (Å²) < 4.78 is 27.4. The summed E-state index contributed by atoms with van der Waals surface area (Å²) in [6, 6.07) is 5.36. The smallest absolute Gasteiger partial charge is 0.257 e. The molecule has 0 aliphatic carbocycles. The number of carbonyl (C=O) groups excluding carboxylic acids is 2. The Labute approximate surface area is 138 Å². The number of carbonyl (C=O) groups is 2. The van der Waals surface area contributed by atoms with Gasteiger partial charge in [-0.1, -0.05) is 19.9 Å². The number of nitrogens with zero attached hydrogens (tertiary/aromatic N) is 1. The van der Waals surface area contributed by atoms with Gasteiger partial charge in [0.2, 0.25) is 5.91 Å². The molecule has 0 aliphatic rings. The minimum Gasteiger partial charge on any atom is -0.340 e. The van der Waals surface area contributed by atoms with Crippen molar-refractivity contribution >= 4 is 17.5 Å². The molecular weight excluding hydrogens is 316 g/mol. The molecule has 0 saturated carbocycles. The Bertz CT molecular complexity index is 716. The minimum absolute atomic E-state index is 0.286. The van der Waals surface area contributed by atoms with Gasteiger partial charge in [0.05, 0.1) is 0 Å². The molecule has 2 amide bonds. The number of hydrogen-bond donors (Lipinski definition) is 2. The fraction of sp³-hybridized carbons (Fsp3) is 0.235. The van der Waals surface area contributed by atoms with Crippen molar-refractivity contribution in [1.82, 2.24) is 10.3 Å². The van der Waals surface area contributed by atoms with Crippen LogP contribution in [0.4, 0.5) is 14.5 Å². The molecule has 0 fully saturated rings. The van der Waals surface area contributed by atoms with E-state index in [1.807, 2.05) is 0 Å². The van der Waals surface area contributed by atoms with Gasteiger partial charge in [-0.15, -0.1) is 0 Å². The molecule has 1 heterocycles. The molecule has 0 unspecified atom stereocenters. The molecule has 5 nitrogen and oxygen atoms in total. The Hall–Kier alpha value is -2.83. The topological polar surface area (TPSA) is 71.1 Å². The molecule has 0 aliphatic heterocycles. The van der Waals surface area contributed by atoms with Crippen LogP contribution in [0, 0.1) is 17.6 Å². The summed E-state index contributed by atoms with van der Waals surface area (Å²) in [5, 5.41) is 5.02. The molecule has 0 bridgehead atoms. The summed E-state index contributed by atoms with van der Waals surface area (Å²) in [6.45, 7) is 3.43. The van der Waals surface area contributed by atoms with Crippen molar-refractivity contribution < 1.29 is 18.4 Å². The van der Waals surface area contributed by atoms with Crippen LogP contribution in [0.25, 0.3) is 0 Å². The Morgan fingerprint density at radius 1 is 1.04 bits per heavy atom. The van der Waals surface area contributed by atoms with Crippen LogP contribution in [-0.4, -0.2) is 22.8 Å². The van der Waals surface area contributed by atoms with Gasteiger partial charge in [0.15, 0.2) is 0 Å². The predicted octanol–water partition coefficient (Wildman–Crippen LogP) is 2.75. The Morgan fingerprint density at radius 2 is 1.62 bits per heavy atom. The van der Waals surface area contributed by atoms with Crippen molar-refractivity contribution in [3.63, 3.8) is 0 Å². The summed E-state index contributed by atoms with van der Waals surface area (Å²) in [7, 11) is 0. The van der Waals surface area contributed by atoms with E-state index < -0.39 is 35.1 Å². The van der Waals surface area contributed by atoms with E-state index in [0.717, 1.165) is 18.2 Å². The van der Waals surface area contributed by atoms with Crippen molar-refractivity contribution in [2.45, 2.75) is 19.9 Å². The number of rotatable bonds is 5. The van der Waals surface area contributed by atoms with Gasteiger partial charge in [-0.05, 0) is 30.2 Å². The molecule has 2 N–H and O–H groups in total. The lowest BCUT2D eigenvalue weighted by molar-refractivity contribution is -0.118. The average molecular weight is 333 g/mol. The Morgan fingerprint density at radius 3 is 2.17 bits per heavy atom. The highest BCUT2D eigenvalue weighted by Gasteiger charge is 2.27. The minimum atomic E-state index is -0.982. The van der Waals surface area contributed by atoms with Crippen LogP contribution >= 0.6 is 0 Å². The third-order valence-corrected chi connectivity index (χ3v) is 3.37. The number of benzene rings is 1. The fourth-order valence-electron chi connectivity index (χ4n) is 2.12. The lowest BCUT2D eigenvalue weighted by Gasteiger charge is -2.22. The third-order valence-electron chi connectivity index (χ3n) is 3.37. The van der Waals surface area contributed by atoms with E-state index in [1.54, 1.807) is 26.0 Å². The first-order valence-corrected chi connectivity index (χ1v) is 7.36. The maximum Gasteiger partial charge on any atom is 0.257 e.